The van der Waals surface area contributed by atoms with Crippen LogP contribution < -0.4 is 5.32 Å². The fourth-order valence-electron chi connectivity index (χ4n) is 2.58. The van der Waals surface area contributed by atoms with Crippen LogP contribution in [0.5, 0.6) is 0 Å². The maximum absolute atomic E-state index is 14.1. The van der Waals surface area contributed by atoms with E-state index in [1.54, 1.807) is 20.8 Å². The van der Waals surface area contributed by atoms with Gasteiger partial charge in [0, 0.05) is 12.2 Å². The molecular formula is C16H20FNO4S. The summed E-state index contributed by atoms with van der Waals surface area (Å²) in [5.74, 6) is -1.21. The van der Waals surface area contributed by atoms with Crippen LogP contribution in [0.15, 0.2) is 34.3 Å². The molecule has 7 heteroatoms. The number of aliphatic carboxylic acids is 1. The first kappa shape index (κ1) is 17.6. The Bertz CT molecular complexity index is 624. The van der Waals surface area contributed by atoms with Gasteiger partial charge in [0.2, 0.25) is 0 Å². The van der Waals surface area contributed by atoms with Crippen molar-refractivity contribution in [2.75, 3.05) is 12.4 Å². The summed E-state index contributed by atoms with van der Waals surface area (Å²) in [5.41, 5.74) is -1.22. The van der Waals surface area contributed by atoms with Crippen molar-refractivity contribution < 1.29 is 23.8 Å². The van der Waals surface area contributed by atoms with Crippen molar-refractivity contribution in [1.29, 1.82) is 0 Å². The van der Waals surface area contributed by atoms with E-state index < -0.39 is 23.1 Å². The average Bonchev–Trinajstić information content (AvgIpc) is 2.49. The van der Waals surface area contributed by atoms with E-state index in [4.69, 9.17) is 4.74 Å². The summed E-state index contributed by atoms with van der Waals surface area (Å²) in [5, 5.41) is 12.1. The molecule has 1 amide bonds. The molecule has 2 aliphatic rings. The number of hydrogen-bond donors (Lipinski definition) is 2. The number of halogens is 1. The molecule has 0 bridgehead atoms. The van der Waals surface area contributed by atoms with Gasteiger partial charge in [0.1, 0.15) is 16.5 Å². The van der Waals surface area contributed by atoms with Crippen LogP contribution in [0.4, 0.5) is 4.39 Å². The van der Waals surface area contributed by atoms with Crippen molar-refractivity contribution in [3.05, 3.63) is 34.3 Å². The highest BCUT2D eigenvalue weighted by Crippen LogP contribution is 2.40. The molecule has 5 nitrogen and oxygen atoms in total. The van der Waals surface area contributed by atoms with Crippen molar-refractivity contribution in [2.45, 2.75) is 27.2 Å². The Morgan fingerprint density at radius 3 is 2.74 bits per heavy atom. The third-order valence-electron chi connectivity index (χ3n) is 4.15. The maximum Gasteiger partial charge on any atom is 0.314 e. The molecule has 1 heterocycles. The Kier molecular flexibility index (Phi) is 5.19. The third kappa shape index (κ3) is 3.44. The standard InChI is InChI=1S/C16H20FNO4S/c1-9(2)16(15(20)21)5-4-11(17)12(8-16)18-14(19)13-10(3)22-6-7-23-13/h4-5,9H,6-8H2,1-3H3,(H,18,19)(H,20,21). The highest BCUT2D eigenvalue weighted by Gasteiger charge is 2.43. The number of rotatable bonds is 4. The van der Waals surface area contributed by atoms with E-state index in [-0.39, 0.29) is 18.0 Å². The van der Waals surface area contributed by atoms with Crippen molar-refractivity contribution in [1.82, 2.24) is 5.32 Å². The predicted octanol–water partition coefficient (Wildman–Crippen LogP) is 2.97. The molecule has 1 atom stereocenters. The van der Waals surface area contributed by atoms with Gasteiger partial charge < -0.3 is 15.2 Å². The largest absolute Gasteiger partial charge is 0.496 e. The molecule has 126 valence electrons. The molecule has 1 aliphatic carbocycles. The molecule has 2 N–H and O–H groups in total. The Balaban J connectivity index is 2.24. The van der Waals surface area contributed by atoms with Crippen LogP contribution in [0.25, 0.3) is 0 Å². The molecule has 0 saturated carbocycles. The fourth-order valence-corrected chi connectivity index (χ4v) is 3.39. The van der Waals surface area contributed by atoms with Crippen LogP contribution in [0.2, 0.25) is 0 Å². The molecule has 0 fully saturated rings. The molecule has 2 rings (SSSR count). The number of ether oxygens (including phenoxy) is 1. The van der Waals surface area contributed by atoms with Gasteiger partial charge in [0.15, 0.2) is 0 Å². The van der Waals surface area contributed by atoms with Crippen molar-refractivity contribution >= 4 is 23.6 Å². The molecule has 0 aromatic carbocycles. The van der Waals surface area contributed by atoms with E-state index in [2.05, 4.69) is 5.32 Å². The van der Waals surface area contributed by atoms with Gasteiger partial charge in [-0.15, -0.1) is 11.8 Å². The highest BCUT2D eigenvalue weighted by molar-refractivity contribution is 8.04. The maximum atomic E-state index is 14.1. The van der Waals surface area contributed by atoms with Crippen LogP contribution in [0.3, 0.4) is 0 Å². The first-order valence-electron chi connectivity index (χ1n) is 7.37. The summed E-state index contributed by atoms with van der Waals surface area (Å²) in [6.07, 6.45) is 2.40. The van der Waals surface area contributed by atoms with E-state index in [0.717, 1.165) is 6.08 Å². The first-order chi connectivity index (χ1) is 10.8. The lowest BCUT2D eigenvalue weighted by atomic mass is 9.71. The fraction of sp³-hybridized carbons (Fsp3) is 0.500. The van der Waals surface area contributed by atoms with E-state index in [0.29, 0.717) is 23.0 Å². The SMILES string of the molecule is CC1=C(C(=O)NC2=C(F)C=CC(C(=O)O)(C(C)C)C2)SCCO1. The summed E-state index contributed by atoms with van der Waals surface area (Å²) in [7, 11) is 0. The van der Waals surface area contributed by atoms with E-state index in [1.165, 1.54) is 17.8 Å². The number of carboxylic acids is 1. The van der Waals surface area contributed by atoms with Crippen molar-refractivity contribution in [2.24, 2.45) is 11.3 Å². The number of amides is 1. The lowest BCUT2D eigenvalue weighted by Gasteiger charge is -2.33. The minimum Gasteiger partial charge on any atom is -0.496 e. The Morgan fingerprint density at radius 1 is 1.48 bits per heavy atom. The van der Waals surface area contributed by atoms with E-state index in [1.807, 2.05) is 0 Å². The van der Waals surface area contributed by atoms with Gasteiger partial charge >= 0.3 is 5.97 Å². The molecule has 0 spiro atoms. The zero-order chi connectivity index (χ0) is 17.2. The summed E-state index contributed by atoms with van der Waals surface area (Å²) in [4.78, 5) is 24.4. The summed E-state index contributed by atoms with van der Waals surface area (Å²) >= 11 is 1.34. The van der Waals surface area contributed by atoms with Crippen LogP contribution in [-0.4, -0.2) is 29.3 Å². The van der Waals surface area contributed by atoms with Gasteiger partial charge in [-0.3, -0.25) is 9.59 Å². The predicted molar refractivity (Wildman–Crippen MR) is 86.1 cm³/mol. The normalized spacial score (nSPS) is 24.7. The first-order valence-corrected chi connectivity index (χ1v) is 8.35. The quantitative estimate of drug-likeness (QED) is 0.822. The minimum absolute atomic E-state index is 0.0000680. The zero-order valence-corrected chi connectivity index (χ0v) is 14.1. The van der Waals surface area contributed by atoms with E-state index in [9.17, 15) is 19.1 Å². The Hall–Kier alpha value is -1.76. The summed E-state index contributed by atoms with van der Waals surface area (Å²) < 4.78 is 19.4. The van der Waals surface area contributed by atoms with Gasteiger partial charge in [-0.05, 0) is 18.9 Å². The van der Waals surface area contributed by atoms with Gasteiger partial charge in [-0.2, -0.15) is 0 Å². The molecule has 0 saturated heterocycles. The smallest absolute Gasteiger partial charge is 0.314 e. The van der Waals surface area contributed by atoms with Crippen LogP contribution in [0.1, 0.15) is 27.2 Å². The van der Waals surface area contributed by atoms with Crippen LogP contribution in [-0.2, 0) is 14.3 Å². The number of carbonyl (C=O) groups is 2. The van der Waals surface area contributed by atoms with Gasteiger partial charge in [-0.25, -0.2) is 4.39 Å². The molecule has 0 aromatic rings. The molecule has 1 unspecified atom stereocenters. The number of carbonyl (C=O) groups excluding carboxylic acids is 1. The Labute approximate surface area is 138 Å². The number of hydrogen-bond acceptors (Lipinski definition) is 4. The van der Waals surface area contributed by atoms with Gasteiger partial charge in [0.05, 0.1) is 17.7 Å². The number of carboxylic acid groups (broad SMARTS) is 1. The summed E-state index contributed by atoms with van der Waals surface area (Å²) in [6, 6.07) is 0. The number of thioether (sulfide) groups is 1. The lowest BCUT2D eigenvalue weighted by Crippen LogP contribution is -2.39. The minimum atomic E-state index is -1.22. The monoisotopic (exact) mass is 341 g/mol. The highest BCUT2D eigenvalue weighted by atomic mass is 32.2. The van der Waals surface area contributed by atoms with Gasteiger partial charge in [0.25, 0.3) is 5.91 Å². The van der Waals surface area contributed by atoms with Crippen molar-refractivity contribution in [3.8, 4) is 0 Å². The molecule has 0 aromatic heterocycles. The average molecular weight is 341 g/mol. The second-order valence-electron chi connectivity index (χ2n) is 5.87. The number of allylic oxidation sites excluding steroid dienone is 4. The topological polar surface area (TPSA) is 75.6 Å². The van der Waals surface area contributed by atoms with Gasteiger partial charge in [-0.1, -0.05) is 19.9 Å². The molecule has 0 radical (unpaired) electrons. The number of nitrogens with one attached hydrogen (secondary N) is 1. The van der Waals surface area contributed by atoms with Crippen LogP contribution >= 0.6 is 11.8 Å². The van der Waals surface area contributed by atoms with Crippen LogP contribution in [0, 0.1) is 11.3 Å². The summed E-state index contributed by atoms with van der Waals surface area (Å²) in [6.45, 7) is 5.74. The third-order valence-corrected chi connectivity index (χ3v) is 5.28. The van der Waals surface area contributed by atoms with Crippen molar-refractivity contribution in [3.63, 3.8) is 0 Å². The molecule has 1 aliphatic heterocycles. The molecular weight excluding hydrogens is 321 g/mol. The molecule has 23 heavy (non-hydrogen) atoms. The van der Waals surface area contributed by atoms with E-state index >= 15 is 0 Å². The second kappa shape index (κ2) is 6.78. The Morgan fingerprint density at radius 2 is 2.17 bits per heavy atom. The lowest BCUT2D eigenvalue weighted by molar-refractivity contribution is -0.148. The zero-order valence-electron chi connectivity index (χ0n) is 13.3. The second-order valence-corrected chi connectivity index (χ2v) is 6.98.